The Balaban J connectivity index is 0.00000338. The molecule has 0 atom stereocenters. The number of nitrogens with zero attached hydrogens (tertiary/aromatic N) is 3. The van der Waals surface area contributed by atoms with E-state index in [1.165, 1.54) is 0 Å². The van der Waals surface area contributed by atoms with E-state index in [1.54, 1.807) is 14.1 Å². The zero-order chi connectivity index (χ0) is 18.2. The van der Waals surface area contributed by atoms with E-state index in [0.717, 1.165) is 5.56 Å². The Morgan fingerprint density at radius 2 is 1.96 bits per heavy atom. The summed E-state index contributed by atoms with van der Waals surface area (Å²) >= 11 is 5.89. The summed E-state index contributed by atoms with van der Waals surface area (Å²) in [6, 6.07) is 7.52. The van der Waals surface area contributed by atoms with E-state index in [2.05, 4.69) is 15.6 Å². The Morgan fingerprint density at radius 1 is 1.27 bits per heavy atom. The zero-order valence-electron chi connectivity index (χ0n) is 15.0. The number of hydrogen-bond acceptors (Lipinski definition) is 3. The van der Waals surface area contributed by atoms with Crippen molar-refractivity contribution in [2.24, 2.45) is 4.99 Å². The number of piperazine rings is 1. The maximum absolute atomic E-state index is 12.4. The smallest absolute Gasteiger partial charge is 0.242 e. The standard InChI is InChI=1S/C17H24ClN5O2.HI/c1-19-15(24)7-8-21-17(20-2)23-10-9-22(16(25)12-23)11-13-3-5-14(18)6-4-13;/h3-6H,7-12H2,1-2H3,(H,19,24)(H,20,21);1H. The highest BCUT2D eigenvalue weighted by atomic mass is 127. The highest BCUT2D eigenvalue weighted by molar-refractivity contribution is 14.0. The van der Waals surface area contributed by atoms with Gasteiger partial charge < -0.3 is 20.4 Å². The largest absolute Gasteiger partial charge is 0.359 e. The van der Waals surface area contributed by atoms with Gasteiger partial charge in [-0.3, -0.25) is 14.6 Å². The van der Waals surface area contributed by atoms with Crippen LogP contribution in [0.4, 0.5) is 0 Å². The molecule has 7 nitrogen and oxygen atoms in total. The molecule has 0 saturated carbocycles. The number of benzene rings is 1. The first-order valence-corrected chi connectivity index (χ1v) is 8.59. The predicted octanol–water partition coefficient (Wildman–Crippen LogP) is 1.31. The van der Waals surface area contributed by atoms with Crippen molar-refractivity contribution in [1.82, 2.24) is 20.4 Å². The quantitative estimate of drug-likeness (QED) is 0.368. The van der Waals surface area contributed by atoms with E-state index in [1.807, 2.05) is 34.1 Å². The van der Waals surface area contributed by atoms with E-state index in [0.29, 0.717) is 43.6 Å². The van der Waals surface area contributed by atoms with Crippen molar-refractivity contribution < 1.29 is 9.59 Å². The Hall–Kier alpha value is -1.55. The molecule has 0 radical (unpaired) electrons. The Bertz CT molecular complexity index is 639. The molecule has 26 heavy (non-hydrogen) atoms. The summed E-state index contributed by atoms with van der Waals surface area (Å²) in [6.07, 6.45) is 0.361. The molecule has 9 heteroatoms. The minimum atomic E-state index is -0.0354. The Morgan fingerprint density at radius 3 is 2.54 bits per heavy atom. The predicted molar refractivity (Wildman–Crippen MR) is 114 cm³/mol. The molecule has 2 amide bonds. The first-order valence-electron chi connectivity index (χ1n) is 8.22. The Labute approximate surface area is 176 Å². The van der Waals surface area contributed by atoms with Gasteiger partial charge in [0, 0.05) is 51.7 Å². The van der Waals surface area contributed by atoms with E-state index in [9.17, 15) is 9.59 Å². The minimum Gasteiger partial charge on any atom is -0.359 e. The fourth-order valence-electron chi connectivity index (χ4n) is 2.61. The van der Waals surface area contributed by atoms with E-state index in [4.69, 9.17) is 11.6 Å². The third-order valence-electron chi connectivity index (χ3n) is 4.03. The SMILES string of the molecule is CN=C(NCCC(=O)NC)N1CCN(Cc2ccc(Cl)cc2)C(=O)C1.I. The number of rotatable bonds is 5. The molecule has 144 valence electrons. The molecule has 1 aliphatic rings. The van der Waals surface area contributed by atoms with Gasteiger partial charge in [-0.2, -0.15) is 0 Å². The average molecular weight is 494 g/mol. The maximum atomic E-state index is 12.4. The molecule has 0 aliphatic carbocycles. The number of nitrogens with one attached hydrogen (secondary N) is 2. The van der Waals surface area contributed by atoms with Crippen molar-refractivity contribution in [3.8, 4) is 0 Å². The van der Waals surface area contributed by atoms with Crippen LogP contribution in [0.5, 0.6) is 0 Å². The normalized spacial score (nSPS) is 14.7. The average Bonchev–Trinajstić information content (AvgIpc) is 2.62. The molecule has 1 aromatic carbocycles. The summed E-state index contributed by atoms with van der Waals surface area (Å²) < 4.78 is 0. The molecule has 0 aromatic heterocycles. The van der Waals surface area contributed by atoms with Crippen LogP contribution in [0, 0.1) is 0 Å². The van der Waals surface area contributed by atoms with Crippen LogP contribution in [0.25, 0.3) is 0 Å². The van der Waals surface area contributed by atoms with Crippen LogP contribution < -0.4 is 10.6 Å². The lowest BCUT2D eigenvalue weighted by atomic mass is 10.2. The molecule has 2 rings (SSSR count). The highest BCUT2D eigenvalue weighted by Crippen LogP contribution is 2.13. The molecular formula is C17H25ClIN5O2. The van der Waals surface area contributed by atoms with Gasteiger partial charge in [0.05, 0.1) is 6.54 Å². The molecule has 1 aliphatic heterocycles. The number of carbonyl (C=O) groups is 2. The lowest BCUT2D eigenvalue weighted by molar-refractivity contribution is -0.135. The Kier molecular flexibility index (Phi) is 9.71. The maximum Gasteiger partial charge on any atom is 0.242 e. The van der Waals surface area contributed by atoms with Crippen molar-refractivity contribution in [2.45, 2.75) is 13.0 Å². The monoisotopic (exact) mass is 493 g/mol. The topological polar surface area (TPSA) is 77.0 Å². The van der Waals surface area contributed by atoms with Gasteiger partial charge in [-0.15, -0.1) is 24.0 Å². The van der Waals surface area contributed by atoms with Gasteiger partial charge >= 0.3 is 0 Å². The molecule has 1 heterocycles. The molecule has 1 fully saturated rings. The van der Waals surface area contributed by atoms with Crippen LogP contribution >= 0.6 is 35.6 Å². The van der Waals surface area contributed by atoms with Crippen molar-refractivity contribution in [3.63, 3.8) is 0 Å². The minimum absolute atomic E-state index is 0. The van der Waals surface area contributed by atoms with Crippen molar-refractivity contribution in [2.75, 3.05) is 40.3 Å². The number of halogens is 2. The first kappa shape index (κ1) is 22.5. The van der Waals surface area contributed by atoms with Crippen LogP contribution in [0.1, 0.15) is 12.0 Å². The summed E-state index contributed by atoms with van der Waals surface area (Å²) in [6.45, 7) is 2.64. The van der Waals surface area contributed by atoms with Crippen LogP contribution in [-0.2, 0) is 16.1 Å². The van der Waals surface area contributed by atoms with E-state index >= 15 is 0 Å². The number of amides is 2. The molecular weight excluding hydrogens is 469 g/mol. The van der Waals surface area contributed by atoms with E-state index in [-0.39, 0.29) is 42.3 Å². The third-order valence-corrected chi connectivity index (χ3v) is 4.28. The summed E-state index contributed by atoms with van der Waals surface area (Å²) in [5.41, 5.74) is 1.05. The van der Waals surface area contributed by atoms with E-state index < -0.39 is 0 Å². The number of aliphatic imine (C=N–C) groups is 1. The lowest BCUT2D eigenvalue weighted by Gasteiger charge is -2.36. The number of hydrogen-bond donors (Lipinski definition) is 2. The molecule has 1 aromatic rings. The molecule has 1 saturated heterocycles. The highest BCUT2D eigenvalue weighted by Gasteiger charge is 2.25. The second-order valence-corrected chi connectivity index (χ2v) is 6.20. The van der Waals surface area contributed by atoms with Gasteiger partial charge in [-0.25, -0.2) is 0 Å². The van der Waals surface area contributed by atoms with Crippen LogP contribution in [0.2, 0.25) is 5.02 Å². The second kappa shape index (κ2) is 11.2. The number of carbonyl (C=O) groups excluding carboxylic acids is 2. The summed E-state index contributed by atoms with van der Waals surface area (Å²) in [5, 5.41) is 6.39. The zero-order valence-corrected chi connectivity index (χ0v) is 18.1. The van der Waals surface area contributed by atoms with Gasteiger partial charge in [0.25, 0.3) is 0 Å². The second-order valence-electron chi connectivity index (χ2n) is 5.76. The van der Waals surface area contributed by atoms with Crippen LogP contribution in [0.15, 0.2) is 29.3 Å². The van der Waals surface area contributed by atoms with Gasteiger partial charge in [-0.05, 0) is 17.7 Å². The fraction of sp³-hybridized carbons (Fsp3) is 0.471. The van der Waals surface area contributed by atoms with Gasteiger partial charge in [0.1, 0.15) is 0 Å². The van der Waals surface area contributed by atoms with Crippen molar-refractivity contribution in [1.29, 1.82) is 0 Å². The first-order chi connectivity index (χ1) is 12.0. The van der Waals surface area contributed by atoms with Gasteiger partial charge in [0.2, 0.25) is 11.8 Å². The molecule has 0 unspecified atom stereocenters. The van der Waals surface area contributed by atoms with Crippen molar-refractivity contribution in [3.05, 3.63) is 34.9 Å². The molecule has 2 N–H and O–H groups in total. The van der Waals surface area contributed by atoms with Gasteiger partial charge in [0.15, 0.2) is 5.96 Å². The number of guanidine groups is 1. The molecule has 0 spiro atoms. The third kappa shape index (κ3) is 6.64. The molecule has 0 bridgehead atoms. The van der Waals surface area contributed by atoms with Crippen LogP contribution in [0.3, 0.4) is 0 Å². The van der Waals surface area contributed by atoms with Gasteiger partial charge in [-0.1, -0.05) is 23.7 Å². The van der Waals surface area contributed by atoms with Crippen molar-refractivity contribution >= 4 is 53.4 Å². The summed E-state index contributed by atoms with van der Waals surface area (Å²) in [7, 11) is 3.28. The lowest BCUT2D eigenvalue weighted by Crippen LogP contribution is -2.55. The summed E-state index contributed by atoms with van der Waals surface area (Å²) in [5.74, 6) is 0.658. The van der Waals surface area contributed by atoms with Crippen LogP contribution in [-0.4, -0.2) is 67.8 Å². The summed E-state index contributed by atoms with van der Waals surface area (Å²) in [4.78, 5) is 31.7. The fourth-order valence-corrected chi connectivity index (χ4v) is 2.74.